The number of methoxy groups -OCH3 is 1. The number of rotatable bonds is 9. The summed E-state index contributed by atoms with van der Waals surface area (Å²) in [6, 6.07) is 20.0. The van der Waals surface area contributed by atoms with Gasteiger partial charge in [-0.3, -0.25) is 19.5 Å². The molecule has 10 heteroatoms. The minimum Gasteiger partial charge on any atom is -0.383 e. The van der Waals surface area contributed by atoms with Gasteiger partial charge in [-0.25, -0.2) is 9.37 Å². The van der Waals surface area contributed by atoms with Crippen molar-refractivity contribution in [1.29, 1.82) is 0 Å². The van der Waals surface area contributed by atoms with Crippen LogP contribution in [0.25, 0.3) is 16.9 Å². The summed E-state index contributed by atoms with van der Waals surface area (Å²) in [5.74, 6) is -1.19. The molecule has 0 aliphatic heterocycles. The van der Waals surface area contributed by atoms with Crippen LogP contribution >= 0.6 is 23.2 Å². The summed E-state index contributed by atoms with van der Waals surface area (Å²) in [4.78, 5) is 32.2. The Kier molecular flexibility index (Phi) is 8.55. The molecule has 0 atom stereocenters. The number of hydrogen-bond donors (Lipinski definition) is 1. The van der Waals surface area contributed by atoms with Crippen LogP contribution in [0.3, 0.4) is 0 Å². The zero-order valence-corrected chi connectivity index (χ0v) is 21.3. The van der Waals surface area contributed by atoms with E-state index in [9.17, 15) is 14.0 Å². The second kappa shape index (κ2) is 12.0. The largest absolute Gasteiger partial charge is 0.383 e. The monoisotopic (exact) mass is 540 g/mol. The van der Waals surface area contributed by atoms with E-state index in [0.29, 0.717) is 22.0 Å². The van der Waals surface area contributed by atoms with Crippen molar-refractivity contribution in [3.05, 3.63) is 100 Å². The highest BCUT2D eigenvalue weighted by Gasteiger charge is 2.21. The molecule has 1 N–H and O–H groups in total. The van der Waals surface area contributed by atoms with Crippen molar-refractivity contribution in [3.8, 4) is 16.9 Å². The Labute approximate surface area is 223 Å². The predicted octanol–water partition coefficient (Wildman–Crippen LogP) is 5.71. The number of amides is 2. The van der Waals surface area contributed by atoms with E-state index in [4.69, 9.17) is 27.9 Å². The number of benzene rings is 3. The second-order valence-electron chi connectivity index (χ2n) is 8.06. The van der Waals surface area contributed by atoms with E-state index >= 15 is 0 Å². The summed E-state index contributed by atoms with van der Waals surface area (Å²) < 4.78 is 20.5. The van der Waals surface area contributed by atoms with Gasteiger partial charge in [0.05, 0.1) is 23.0 Å². The highest BCUT2D eigenvalue weighted by molar-refractivity contribution is 6.31. The molecule has 0 bridgehead atoms. The molecule has 2 amide bonds. The third-order valence-electron chi connectivity index (χ3n) is 5.49. The number of anilines is 1. The van der Waals surface area contributed by atoms with E-state index in [1.807, 2.05) is 30.3 Å². The zero-order valence-electron chi connectivity index (χ0n) is 19.8. The van der Waals surface area contributed by atoms with Gasteiger partial charge in [0.25, 0.3) is 5.91 Å². The Hall–Kier alpha value is -3.72. The van der Waals surface area contributed by atoms with Gasteiger partial charge in [-0.2, -0.15) is 0 Å². The first kappa shape index (κ1) is 26.3. The smallest absolute Gasteiger partial charge is 0.254 e. The number of carbonyl (C=O) groups excluding carboxylic acids is 2. The molecule has 0 aliphatic rings. The molecular formula is C27H23Cl2FN4O3. The number of nitrogens with zero attached hydrogens (tertiary/aromatic N) is 3. The lowest BCUT2D eigenvalue weighted by Gasteiger charge is -2.22. The molecule has 4 aromatic rings. The number of carbonyl (C=O) groups is 2. The van der Waals surface area contributed by atoms with Crippen LogP contribution in [0.2, 0.25) is 10.0 Å². The number of ether oxygens (including phenoxy) is 1. The Morgan fingerprint density at radius 3 is 2.46 bits per heavy atom. The first-order valence-corrected chi connectivity index (χ1v) is 12.0. The minimum absolute atomic E-state index is 0.0657. The van der Waals surface area contributed by atoms with Gasteiger partial charge < -0.3 is 9.64 Å². The summed E-state index contributed by atoms with van der Waals surface area (Å²) in [5.41, 5.74) is 2.31. The predicted molar refractivity (Wildman–Crippen MR) is 142 cm³/mol. The van der Waals surface area contributed by atoms with Crippen LogP contribution in [0.15, 0.2) is 79.0 Å². The molecule has 0 unspecified atom stereocenters. The van der Waals surface area contributed by atoms with Gasteiger partial charge in [0, 0.05) is 36.0 Å². The topological polar surface area (TPSA) is 76.5 Å². The summed E-state index contributed by atoms with van der Waals surface area (Å²) in [6.45, 7) is 0.193. The molecule has 0 spiro atoms. The maximum atomic E-state index is 13.8. The lowest BCUT2D eigenvalue weighted by atomic mass is 10.2. The van der Waals surface area contributed by atoms with Crippen molar-refractivity contribution < 1.29 is 18.7 Å². The fourth-order valence-corrected chi connectivity index (χ4v) is 3.92. The molecule has 0 fully saturated rings. The van der Waals surface area contributed by atoms with Gasteiger partial charge in [-0.05, 0) is 42.5 Å². The molecule has 3 aromatic carbocycles. The molecule has 0 saturated carbocycles. The van der Waals surface area contributed by atoms with Crippen molar-refractivity contribution in [2.45, 2.75) is 0 Å². The zero-order chi connectivity index (χ0) is 26.4. The van der Waals surface area contributed by atoms with Crippen LogP contribution in [0.4, 0.5) is 10.3 Å². The quantitative estimate of drug-likeness (QED) is 0.295. The van der Waals surface area contributed by atoms with Gasteiger partial charge in [-0.15, -0.1) is 0 Å². The third-order valence-corrected chi connectivity index (χ3v) is 6.03. The first-order valence-electron chi connectivity index (χ1n) is 11.3. The number of imidazole rings is 1. The molecule has 1 aromatic heterocycles. The standard InChI is InChI=1S/C27H23Cl2FN4O3/c1-37-14-13-33(26(36)19-7-9-20(28)10-8-19)17-25(35)32-27-31-24(18-5-3-2-4-6-18)16-34(27)21-11-12-23(30)22(29)15-21/h2-12,15-16H,13-14,17H2,1H3,(H,31,32,35). The van der Waals surface area contributed by atoms with Crippen LogP contribution in [-0.2, 0) is 9.53 Å². The molecule has 7 nitrogen and oxygen atoms in total. The highest BCUT2D eigenvalue weighted by Crippen LogP contribution is 2.26. The number of aromatic nitrogens is 2. The molecule has 4 rings (SSSR count). The van der Waals surface area contributed by atoms with E-state index in [1.165, 1.54) is 30.2 Å². The summed E-state index contributed by atoms with van der Waals surface area (Å²) in [6.07, 6.45) is 1.72. The first-order chi connectivity index (χ1) is 17.9. The molecule has 0 aliphatic carbocycles. The molecule has 0 saturated heterocycles. The van der Waals surface area contributed by atoms with Crippen LogP contribution in [0, 0.1) is 5.82 Å². The number of halogens is 3. The van der Waals surface area contributed by atoms with Crippen LogP contribution in [0.5, 0.6) is 0 Å². The van der Waals surface area contributed by atoms with Crippen molar-refractivity contribution >= 4 is 41.0 Å². The second-order valence-corrected chi connectivity index (χ2v) is 8.90. The summed E-state index contributed by atoms with van der Waals surface area (Å²) in [7, 11) is 1.51. The van der Waals surface area contributed by atoms with Gasteiger partial charge in [-0.1, -0.05) is 53.5 Å². The SMILES string of the molecule is COCCN(CC(=O)Nc1nc(-c2ccccc2)cn1-c1ccc(F)c(Cl)c1)C(=O)c1ccc(Cl)cc1. The minimum atomic E-state index is -0.561. The lowest BCUT2D eigenvalue weighted by molar-refractivity contribution is -0.117. The Balaban J connectivity index is 1.61. The van der Waals surface area contributed by atoms with E-state index < -0.39 is 11.7 Å². The van der Waals surface area contributed by atoms with Crippen molar-refractivity contribution in [2.24, 2.45) is 0 Å². The average molecular weight is 541 g/mol. The van der Waals surface area contributed by atoms with E-state index in [-0.39, 0.29) is 36.6 Å². The molecule has 190 valence electrons. The Morgan fingerprint density at radius 1 is 1.05 bits per heavy atom. The van der Waals surface area contributed by atoms with Gasteiger partial charge in [0.2, 0.25) is 11.9 Å². The van der Waals surface area contributed by atoms with Crippen molar-refractivity contribution in [2.75, 3.05) is 32.1 Å². The van der Waals surface area contributed by atoms with Gasteiger partial charge >= 0.3 is 0 Å². The Bertz CT molecular complexity index is 1390. The van der Waals surface area contributed by atoms with E-state index in [0.717, 1.165) is 5.56 Å². The molecule has 1 heterocycles. The lowest BCUT2D eigenvalue weighted by Crippen LogP contribution is -2.40. The van der Waals surface area contributed by atoms with Crippen molar-refractivity contribution in [3.63, 3.8) is 0 Å². The maximum Gasteiger partial charge on any atom is 0.254 e. The average Bonchev–Trinajstić information content (AvgIpc) is 3.32. The Morgan fingerprint density at radius 2 is 1.78 bits per heavy atom. The number of nitrogens with one attached hydrogen (secondary N) is 1. The van der Waals surface area contributed by atoms with Crippen LogP contribution < -0.4 is 5.32 Å². The third kappa shape index (κ3) is 6.54. The van der Waals surface area contributed by atoms with Crippen LogP contribution in [-0.4, -0.2) is 53.1 Å². The molecular weight excluding hydrogens is 518 g/mol. The van der Waals surface area contributed by atoms with E-state index in [1.54, 1.807) is 35.0 Å². The fourth-order valence-electron chi connectivity index (χ4n) is 3.61. The van der Waals surface area contributed by atoms with Crippen molar-refractivity contribution in [1.82, 2.24) is 14.5 Å². The molecule has 0 radical (unpaired) electrons. The van der Waals surface area contributed by atoms with Crippen LogP contribution in [0.1, 0.15) is 10.4 Å². The maximum absolute atomic E-state index is 13.8. The van der Waals surface area contributed by atoms with Gasteiger partial charge in [0.1, 0.15) is 12.4 Å². The summed E-state index contributed by atoms with van der Waals surface area (Å²) in [5, 5.41) is 3.21. The fraction of sp³-hybridized carbons (Fsp3) is 0.148. The summed E-state index contributed by atoms with van der Waals surface area (Å²) >= 11 is 11.9. The van der Waals surface area contributed by atoms with Gasteiger partial charge in [0.15, 0.2) is 0 Å². The molecule has 37 heavy (non-hydrogen) atoms. The van der Waals surface area contributed by atoms with E-state index in [2.05, 4.69) is 10.3 Å². The normalized spacial score (nSPS) is 10.8. The highest BCUT2D eigenvalue weighted by atomic mass is 35.5. The number of hydrogen-bond acceptors (Lipinski definition) is 4.